The van der Waals surface area contributed by atoms with Crippen LogP contribution in [0.25, 0.3) is 0 Å². The van der Waals surface area contributed by atoms with Gasteiger partial charge in [-0.25, -0.2) is 9.97 Å². The second-order valence-electron chi connectivity index (χ2n) is 4.42. The SMILES string of the molecule is CNc1nc(C2CC2)nc(Sc2cccs2)c1C. The van der Waals surface area contributed by atoms with E-state index in [4.69, 9.17) is 4.98 Å². The van der Waals surface area contributed by atoms with Crippen LogP contribution >= 0.6 is 23.1 Å². The molecule has 0 aliphatic heterocycles. The summed E-state index contributed by atoms with van der Waals surface area (Å²) in [4.78, 5) is 9.35. The summed E-state index contributed by atoms with van der Waals surface area (Å²) in [5, 5.41) is 6.36. The van der Waals surface area contributed by atoms with Crippen LogP contribution in [0.1, 0.15) is 30.1 Å². The third-order valence-electron chi connectivity index (χ3n) is 2.99. The first-order valence-electron chi connectivity index (χ1n) is 6.05. The van der Waals surface area contributed by atoms with E-state index in [9.17, 15) is 0 Å². The van der Waals surface area contributed by atoms with Gasteiger partial charge in [-0.3, -0.25) is 0 Å². The summed E-state index contributed by atoms with van der Waals surface area (Å²) in [6, 6.07) is 4.21. The number of nitrogens with zero attached hydrogens (tertiary/aromatic N) is 2. The number of hydrogen-bond donors (Lipinski definition) is 1. The van der Waals surface area contributed by atoms with Gasteiger partial charge >= 0.3 is 0 Å². The monoisotopic (exact) mass is 277 g/mol. The van der Waals surface area contributed by atoms with Gasteiger partial charge in [0, 0.05) is 18.5 Å². The minimum absolute atomic E-state index is 0.584. The van der Waals surface area contributed by atoms with Gasteiger partial charge in [-0.05, 0) is 31.2 Å². The van der Waals surface area contributed by atoms with E-state index in [1.165, 1.54) is 17.1 Å². The molecule has 1 N–H and O–H groups in total. The first-order valence-corrected chi connectivity index (χ1v) is 7.75. The Morgan fingerprint density at radius 1 is 1.39 bits per heavy atom. The number of rotatable bonds is 4. The molecular weight excluding hydrogens is 262 g/mol. The molecule has 0 aromatic carbocycles. The number of aromatic nitrogens is 2. The fourth-order valence-corrected chi connectivity index (χ4v) is 3.57. The second kappa shape index (κ2) is 4.90. The van der Waals surface area contributed by atoms with Gasteiger partial charge in [0.05, 0.1) is 4.21 Å². The van der Waals surface area contributed by atoms with Crippen molar-refractivity contribution in [1.29, 1.82) is 0 Å². The van der Waals surface area contributed by atoms with Crippen LogP contribution in [0.3, 0.4) is 0 Å². The highest BCUT2D eigenvalue weighted by molar-refractivity contribution is 8.01. The smallest absolute Gasteiger partial charge is 0.135 e. The van der Waals surface area contributed by atoms with Gasteiger partial charge in [0.2, 0.25) is 0 Å². The van der Waals surface area contributed by atoms with E-state index in [1.807, 2.05) is 7.05 Å². The molecule has 3 nitrogen and oxygen atoms in total. The number of thiophene rings is 1. The van der Waals surface area contributed by atoms with Crippen LogP contribution in [-0.4, -0.2) is 17.0 Å². The summed E-state index contributed by atoms with van der Waals surface area (Å²) >= 11 is 3.49. The van der Waals surface area contributed by atoms with E-state index >= 15 is 0 Å². The quantitative estimate of drug-likeness (QED) is 0.860. The van der Waals surface area contributed by atoms with Gasteiger partial charge in [-0.1, -0.05) is 17.8 Å². The highest BCUT2D eigenvalue weighted by atomic mass is 32.2. The van der Waals surface area contributed by atoms with Crippen molar-refractivity contribution in [3.63, 3.8) is 0 Å². The minimum Gasteiger partial charge on any atom is -0.373 e. The Labute approximate surface area is 115 Å². The lowest BCUT2D eigenvalue weighted by Crippen LogP contribution is -2.03. The van der Waals surface area contributed by atoms with Crippen molar-refractivity contribution < 1.29 is 0 Å². The molecule has 0 amide bonds. The van der Waals surface area contributed by atoms with Crippen molar-refractivity contribution >= 4 is 28.9 Å². The summed E-state index contributed by atoms with van der Waals surface area (Å²) in [5.74, 6) is 2.55. The van der Waals surface area contributed by atoms with E-state index in [-0.39, 0.29) is 0 Å². The molecule has 1 aliphatic carbocycles. The maximum absolute atomic E-state index is 4.74. The minimum atomic E-state index is 0.584. The Morgan fingerprint density at radius 2 is 2.22 bits per heavy atom. The summed E-state index contributed by atoms with van der Waals surface area (Å²) < 4.78 is 1.28. The summed E-state index contributed by atoms with van der Waals surface area (Å²) in [6.45, 7) is 2.08. The summed E-state index contributed by atoms with van der Waals surface area (Å²) in [7, 11) is 1.92. The Kier molecular flexibility index (Phi) is 3.26. The third kappa shape index (κ3) is 2.37. The molecule has 2 heterocycles. The summed E-state index contributed by atoms with van der Waals surface area (Å²) in [5.41, 5.74) is 1.14. The second-order valence-corrected chi connectivity index (χ2v) is 6.66. The molecule has 0 bridgehead atoms. The molecule has 2 aromatic rings. The predicted molar refractivity (Wildman–Crippen MR) is 76.7 cm³/mol. The molecule has 0 atom stereocenters. The topological polar surface area (TPSA) is 37.8 Å². The maximum Gasteiger partial charge on any atom is 0.135 e. The van der Waals surface area contributed by atoms with Crippen molar-refractivity contribution in [2.24, 2.45) is 0 Å². The molecule has 0 saturated heterocycles. The van der Waals surface area contributed by atoms with Crippen LogP contribution in [0.2, 0.25) is 0 Å². The normalized spacial score (nSPS) is 14.8. The van der Waals surface area contributed by atoms with Crippen LogP contribution in [0.4, 0.5) is 5.82 Å². The Hall–Kier alpha value is -1.07. The molecule has 3 rings (SSSR count). The van der Waals surface area contributed by atoms with Gasteiger partial charge in [0.25, 0.3) is 0 Å². The van der Waals surface area contributed by atoms with E-state index in [2.05, 4.69) is 34.7 Å². The number of anilines is 1. The highest BCUT2D eigenvalue weighted by Crippen LogP contribution is 2.41. The van der Waals surface area contributed by atoms with Crippen molar-refractivity contribution in [2.45, 2.75) is 34.9 Å². The molecular formula is C13H15N3S2. The maximum atomic E-state index is 4.74. The molecule has 5 heteroatoms. The molecule has 18 heavy (non-hydrogen) atoms. The molecule has 94 valence electrons. The average Bonchev–Trinajstić information content (AvgIpc) is 3.11. The summed E-state index contributed by atoms with van der Waals surface area (Å²) in [6.07, 6.45) is 2.46. The van der Waals surface area contributed by atoms with Crippen LogP contribution < -0.4 is 5.32 Å². The lowest BCUT2D eigenvalue weighted by atomic mass is 10.3. The zero-order valence-electron chi connectivity index (χ0n) is 10.4. The zero-order valence-corrected chi connectivity index (χ0v) is 12.1. The van der Waals surface area contributed by atoms with Gasteiger partial charge in [0.15, 0.2) is 0 Å². The van der Waals surface area contributed by atoms with Crippen LogP contribution in [0, 0.1) is 6.92 Å². The zero-order chi connectivity index (χ0) is 12.5. The molecule has 1 aliphatic rings. The molecule has 1 fully saturated rings. The lowest BCUT2D eigenvalue weighted by Gasteiger charge is -2.10. The molecule has 2 aromatic heterocycles. The predicted octanol–water partition coefficient (Wildman–Crippen LogP) is 3.92. The van der Waals surface area contributed by atoms with Gasteiger partial charge in [-0.15, -0.1) is 11.3 Å². The highest BCUT2D eigenvalue weighted by Gasteiger charge is 2.28. The van der Waals surface area contributed by atoms with Crippen LogP contribution in [0.15, 0.2) is 26.7 Å². The van der Waals surface area contributed by atoms with E-state index in [1.54, 1.807) is 23.1 Å². The lowest BCUT2D eigenvalue weighted by molar-refractivity contribution is 0.865. The van der Waals surface area contributed by atoms with Crippen LogP contribution in [0.5, 0.6) is 0 Å². The fourth-order valence-electron chi connectivity index (χ4n) is 1.80. The Balaban J connectivity index is 1.98. The largest absolute Gasteiger partial charge is 0.373 e. The van der Waals surface area contributed by atoms with Gasteiger partial charge < -0.3 is 5.32 Å². The first kappa shape index (κ1) is 12.0. The Bertz CT molecular complexity index is 548. The molecule has 0 radical (unpaired) electrons. The van der Waals surface area contributed by atoms with Crippen molar-refractivity contribution in [3.05, 3.63) is 28.9 Å². The fraction of sp³-hybridized carbons (Fsp3) is 0.385. The molecule has 1 saturated carbocycles. The van der Waals surface area contributed by atoms with Crippen molar-refractivity contribution in [2.75, 3.05) is 12.4 Å². The molecule has 0 unspecified atom stereocenters. The van der Waals surface area contributed by atoms with Crippen molar-refractivity contribution in [1.82, 2.24) is 9.97 Å². The van der Waals surface area contributed by atoms with Gasteiger partial charge in [-0.2, -0.15) is 0 Å². The third-order valence-corrected chi connectivity index (χ3v) is 5.12. The average molecular weight is 277 g/mol. The van der Waals surface area contributed by atoms with Crippen molar-refractivity contribution in [3.8, 4) is 0 Å². The number of hydrogen-bond acceptors (Lipinski definition) is 5. The van der Waals surface area contributed by atoms with E-state index < -0.39 is 0 Å². The first-order chi connectivity index (χ1) is 8.78. The standard InChI is InChI=1S/C13H15N3S2/c1-8-11(14-2)15-12(9-5-6-9)16-13(8)18-10-4-3-7-17-10/h3-4,7,9H,5-6H2,1-2H3,(H,14,15,16). The van der Waals surface area contributed by atoms with E-state index in [0.717, 1.165) is 22.2 Å². The van der Waals surface area contributed by atoms with Gasteiger partial charge in [0.1, 0.15) is 16.7 Å². The van der Waals surface area contributed by atoms with Crippen LogP contribution in [-0.2, 0) is 0 Å². The Morgan fingerprint density at radius 3 is 2.83 bits per heavy atom. The molecule has 0 spiro atoms. The van der Waals surface area contributed by atoms with E-state index in [0.29, 0.717) is 5.92 Å². The number of nitrogens with one attached hydrogen (secondary N) is 1.